The number of carbonyl (C=O) groups excluding carboxylic acids is 1. The lowest BCUT2D eigenvalue weighted by Gasteiger charge is -2.22. The molecule has 1 amide bonds. The molecule has 0 fully saturated rings. The Kier molecular flexibility index (Phi) is 5.78. The Balaban J connectivity index is 2.02. The second-order valence-corrected chi connectivity index (χ2v) is 5.84. The van der Waals surface area contributed by atoms with Crippen LogP contribution in [0.2, 0.25) is 0 Å². The second kappa shape index (κ2) is 7.81. The predicted octanol–water partition coefficient (Wildman–Crippen LogP) is 2.55. The van der Waals surface area contributed by atoms with Crippen LogP contribution in [0.15, 0.2) is 41.8 Å². The Morgan fingerprint density at radius 3 is 2.86 bits per heavy atom. The van der Waals surface area contributed by atoms with Crippen molar-refractivity contribution in [3.63, 3.8) is 0 Å². The molecule has 0 spiro atoms. The minimum absolute atomic E-state index is 0.0889. The number of thiophene rings is 1. The van der Waals surface area contributed by atoms with Crippen LogP contribution in [0.4, 0.5) is 5.69 Å². The van der Waals surface area contributed by atoms with Gasteiger partial charge in [-0.1, -0.05) is 18.2 Å². The molecular weight excluding hydrogens is 284 g/mol. The highest BCUT2D eigenvalue weighted by Crippen LogP contribution is 2.14. The molecule has 2 rings (SSSR count). The fourth-order valence-electron chi connectivity index (χ4n) is 2.07. The first-order valence-electron chi connectivity index (χ1n) is 6.82. The molecule has 2 aromatic rings. The van der Waals surface area contributed by atoms with Gasteiger partial charge in [0.2, 0.25) is 5.91 Å². The summed E-state index contributed by atoms with van der Waals surface area (Å²) in [5.74, 6) is 0.0889. The summed E-state index contributed by atoms with van der Waals surface area (Å²) in [5.41, 5.74) is 7.38. The van der Waals surface area contributed by atoms with E-state index >= 15 is 0 Å². The van der Waals surface area contributed by atoms with Crippen molar-refractivity contribution < 1.29 is 9.53 Å². The van der Waals surface area contributed by atoms with Gasteiger partial charge >= 0.3 is 0 Å². The molecule has 112 valence electrons. The summed E-state index contributed by atoms with van der Waals surface area (Å²) in [6, 6.07) is 11.5. The SMILES string of the molecule is COCCN(Cc1cccs1)C(=O)Cc1cccc(N)c1. The zero-order valence-corrected chi connectivity index (χ0v) is 12.9. The number of anilines is 1. The Hall–Kier alpha value is -1.85. The number of hydrogen-bond donors (Lipinski definition) is 1. The smallest absolute Gasteiger partial charge is 0.227 e. The molecule has 0 aliphatic heterocycles. The van der Waals surface area contributed by atoms with Crippen LogP contribution >= 0.6 is 11.3 Å². The normalized spacial score (nSPS) is 10.5. The largest absolute Gasteiger partial charge is 0.399 e. The van der Waals surface area contributed by atoms with Crippen LogP contribution in [0.3, 0.4) is 0 Å². The van der Waals surface area contributed by atoms with Gasteiger partial charge in [0.15, 0.2) is 0 Å². The molecule has 0 aliphatic carbocycles. The molecule has 1 heterocycles. The lowest BCUT2D eigenvalue weighted by Crippen LogP contribution is -2.34. The molecule has 0 saturated heterocycles. The van der Waals surface area contributed by atoms with Crippen molar-refractivity contribution in [2.45, 2.75) is 13.0 Å². The van der Waals surface area contributed by atoms with Crippen molar-refractivity contribution in [1.29, 1.82) is 0 Å². The fraction of sp³-hybridized carbons (Fsp3) is 0.312. The van der Waals surface area contributed by atoms with Crippen LogP contribution in [0, 0.1) is 0 Å². The molecule has 1 aromatic heterocycles. The summed E-state index contributed by atoms with van der Waals surface area (Å²) in [4.78, 5) is 15.5. The van der Waals surface area contributed by atoms with Crippen molar-refractivity contribution >= 4 is 22.9 Å². The van der Waals surface area contributed by atoms with Gasteiger partial charge in [-0.15, -0.1) is 11.3 Å². The van der Waals surface area contributed by atoms with Crippen molar-refractivity contribution in [3.8, 4) is 0 Å². The first-order chi connectivity index (χ1) is 10.2. The van der Waals surface area contributed by atoms with Crippen LogP contribution in [0.5, 0.6) is 0 Å². The van der Waals surface area contributed by atoms with Gasteiger partial charge in [-0.05, 0) is 29.1 Å². The van der Waals surface area contributed by atoms with Gasteiger partial charge in [-0.3, -0.25) is 4.79 Å². The molecule has 2 N–H and O–H groups in total. The van der Waals surface area contributed by atoms with Gasteiger partial charge in [0, 0.05) is 24.2 Å². The third-order valence-corrected chi connectivity index (χ3v) is 4.01. The van der Waals surface area contributed by atoms with E-state index in [1.165, 1.54) is 4.88 Å². The maximum atomic E-state index is 12.5. The molecule has 0 atom stereocenters. The van der Waals surface area contributed by atoms with E-state index in [4.69, 9.17) is 10.5 Å². The first-order valence-corrected chi connectivity index (χ1v) is 7.70. The molecule has 0 radical (unpaired) electrons. The van der Waals surface area contributed by atoms with E-state index in [-0.39, 0.29) is 5.91 Å². The average molecular weight is 304 g/mol. The number of carbonyl (C=O) groups is 1. The van der Waals surface area contributed by atoms with Gasteiger partial charge in [0.1, 0.15) is 0 Å². The quantitative estimate of drug-likeness (QED) is 0.800. The van der Waals surface area contributed by atoms with Crippen molar-refractivity contribution in [1.82, 2.24) is 4.90 Å². The number of nitrogen functional groups attached to an aromatic ring is 1. The maximum Gasteiger partial charge on any atom is 0.227 e. The Bertz CT molecular complexity index is 569. The van der Waals surface area contributed by atoms with Crippen LogP contribution in [0.25, 0.3) is 0 Å². The third-order valence-electron chi connectivity index (χ3n) is 3.15. The van der Waals surface area contributed by atoms with E-state index in [0.717, 1.165) is 5.56 Å². The summed E-state index contributed by atoms with van der Waals surface area (Å²) in [5, 5.41) is 2.02. The van der Waals surface area contributed by atoms with Crippen molar-refractivity contribution in [2.24, 2.45) is 0 Å². The monoisotopic (exact) mass is 304 g/mol. The summed E-state index contributed by atoms with van der Waals surface area (Å²) < 4.78 is 5.10. The van der Waals surface area contributed by atoms with E-state index in [1.807, 2.05) is 46.7 Å². The third kappa shape index (κ3) is 4.88. The number of rotatable bonds is 7. The lowest BCUT2D eigenvalue weighted by molar-refractivity contribution is -0.131. The van der Waals surface area contributed by atoms with Crippen LogP contribution in [0.1, 0.15) is 10.4 Å². The number of ether oxygens (including phenoxy) is 1. The van der Waals surface area contributed by atoms with E-state index in [2.05, 4.69) is 0 Å². The maximum absolute atomic E-state index is 12.5. The molecule has 0 aliphatic rings. The van der Waals surface area contributed by atoms with Crippen molar-refractivity contribution in [2.75, 3.05) is 26.0 Å². The molecule has 5 heteroatoms. The number of benzene rings is 1. The van der Waals surface area contributed by atoms with E-state index in [1.54, 1.807) is 18.4 Å². The van der Waals surface area contributed by atoms with Gasteiger partial charge in [0.05, 0.1) is 19.6 Å². The highest BCUT2D eigenvalue weighted by atomic mass is 32.1. The topological polar surface area (TPSA) is 55.6 Å². The summed E-state index contributed by atoms with van der Waals surface area (Å²) in [6.45, 7) is 1.76. The summed E-state index contributed by atoms with van der Waals surface area (Å²) in [6.07, 6.45) is 0.361. The van der Waals surface area contributed by atoms with Crippen LogP contribution in [-0.4, -0.2) is 31.1 Å². The van der Waals surface area contributed by atoms with Crippen LogP contribution in [-0.2, 0) is 22.5 Å². The highest BCUT2D eigenvalue weighted by molar-refractivity contribution is 7.09. The molecule has 0 bridgehead atoms. The van der Waals surface area contributed by atoms with E-state index in [9.17, 15) is 4.79 Å². The molecule has 4 nitrogen and oxygen atoms in total. The molecule has 21 heavy (non-hydrogen) atoms. The number of nitrogens with zero attached hydrogens (tertiary/aromatic N) is 1. The summed E-state index contributed by atoms with van der Waals surface area (Å²) >= 11 is 1.66. The highest BCUT2D eigenvalue weighted by Gasteiger charge is 2.15. The number of nitrogens with two attached hydrogens (primary N) is 1. The average Bonchev–Trinajstić information content (AvgIpc) is 2.96. The Labute approximate surface area is 129 Å². The van der Waals surface area contributed by atoms with Gasteiger partial charge < -0.3 is 15.4 Å². The molecule has 0 saturated carbocycles. The molecule has 0 unspecified atom stereocenters. The number of methoxy groups -OCH3 is 1. The van der Waals surface area contributed by atoms with Crippen LogP contribution < -0.4 is 5.73 Å². The second-order valence-electron chi connectivity index (χ2n) is 4.81. The summed E-state index contributed by atoms with van der Waals surface area (Å²) in [7, 11) is 1.64. The van der Waals surface area contributed by atoms with E-state index < -0.39 is 0 Å². The molecule has 1 aromatic carbocycles. The van der Waals surface area contributed by atoms with Gasteiger partial charge in [-0.2, -0.15) is 0 Å². The zero-order valence-electron chi connectivity index (χ0n) is 12.1. The van der Waals surface area contributed by atoms with Gasteiger partial charge in [0.25, 0.3) is 0 Å². The van der Waals surface area contributed by atoms with Gasteiger partial charge in [-0.25, -0.2) is 0 Å². The minimum atomic E-state index is 0.0889. The number of hydrogen-bond acceptors (Lipinski definition) is 4. The standard InChI is InChI=1S/C16H20N2O2S/c1-20-8-7-18(12-15-6-3-9-21-15)16(19)11-13-4-2-5-14(17)10-13/h2-6,9-10H,7-8,11-12,17H2,1H3. The van der Waals surface area contributed by atoms with E-state index in [0.29, 0.717) is 31.8 Å². The Morgan fingerprint density at radius 2 is 2.19 bits per heavy atom. The first kappa shape index (κ1) is 15.5. The Morgan fingerprint density at radius 1 is 1.33 bits per heavy atom. The fourth-order valence-corrected chi connectivity index (χ4v) is 2.79. The zero-order chi connectivity index (χ0) is 15.1. The van der Waals surface area contributed by atoms with Crippen molar-refractivity contribution in [3.05, 3.63) is 52.2 Å². The molecular formula is C16H20N2O2S. The minimum Gasteiger partial charge on any atom is -0.399 e. The lowest BCUT2D eigenvalue weighted by atomic mass is 10.1. The predicted molar refractivity (Wildman–Crippen MR) is 86.2 cm³/mol. The number of amides is 1.